The van der Waals surface area contributed by atoms with Crippen LogP contribution in [-0.4, -0.2) is 77.2 Å². The fourth-order valence-electron chi connectivity index (χ4n) is 3.32. The van der Waals surface area contributed by atoms with Gasteiger partial charge in [0.1, 0.15) is 9.84 Å². The predicted molar refractivity (Wildman–Crippen MR) is 114 cm³/mol. The first kappa shape index (κ1) is 22.6. The second kappa shape index (κ2) is 11.4. The first-order valence-electron chi connectivity index (χ1n) is 9.90. The molecule has 0 amide bonds. The van der Waals surface area contributed by atoms with Crippen molar-refractivity contribution in [3.63, 3.8) is 0 Å². The molecular weight excluding hydrogens is 376 g/mol. The molecule has 1 saturated heterocycles. The van der Waals surface area contributed by atoms with E-state index in [4.69, 9.17) is 4.74 Å². The lowest BCUT2D eigenvalue weighted by Gasteiger charge is -2.37. The predicted octanol–water partition coefficient (Wildman–Crippen LogP) is 1.44. The number of nitrogens with zero attached hydrogens (tertiary/aromatic N) is 2. The van der Waals surface area contributed by atoms with E-state index in [2.05, 4.69) is 57.8 Å². The summed E-state index contributed by atoms with van der Waals surface area (Å²) in [4.78, 5) is 6.80. The van der Waals surface area contributed by atoms with Crippen LogP contribution in [0, 0.1) is 0 Å². The van der Waals surface area contributed by atoms with E-state index >= 15 is 0 Å². The van der Waals surface area contributed by atoms with Crippen molar-refractivity contribution in [2.75, 3.05) is 51.9 Å². The molecule has 2 rings (SSSR count). The number of ether oxygens (including phenoxy) is 1. The van der Waals surface area contributed by atoms with Crippen LogP contribution >= 0.6 is 0 Å². The number of benzene rings is 1. The number of hydrogen-bond acceptors (Lipinski definition) is 5. The van der Waals surface area contributed by atoms with E-state index in [1.165, 1.54) is 11.8 Å². The van der Waals surface area contributed by atoms with Crippen LogP contribution in [0.2, 0.25) is 0 Å². The smallest absolute Gasteiger partial charge is 0.191 e. The van der Waals surface area contributed by atoms with E-state index in [1.54, 1.807) is 7.05 Å². The molecule has 158 valence electrons. The van der Waals surface area contributed by atoms with Crippen LogP contribution in [0.3, 0.4) is 0 Å². The van der Waals surface area contributed by atoms with Crippen LogP contribution in [0.25, 0.3) is 0 Å². The Labute approximate surface area is 169 Å². The highest BCUT2D eigenvalue weighted by Crippen LogP contribution is 2.23. The summed E-state index contributed by atoms with van der Waals surface area (Å²) in [6.07, 6.45) is 3.36. The Hall–Kier alpha value is -1.64. The van der Waals surface area contributed by atoms with Gasteiger partial charge in [0.05, 0.1) is 19.0 Å². The molecule has 0 radical (unpaired) electrons. The van der Waals surface area contributed by atoms with Gasteiger partial charge in [-0.1, -0.05) is 30.3 Å². The first-order chi connectivity index (χ1) is 13.4. The SMILES string of the molecule is CN=C(NCCOCCS(C)(=O)=O)NC1CCN(C(C)c2ccccc2)CC1. The molecule has 0 aromatic heterocycles. The Morgan fingerprint density at radius 2 is 1.93 bits per heavy atom. The topological polar surface area (TPSA) is 83.0 Å². The Morgan fingerprint density at radius 1 is 1.25 bits per heavy atom. The van der Waals surface area contributed by atoms with Crippen LogP contribution in [0.5, 0.6) is 0 Å². The Kier molecular flexibility index (Phi) is 9.21. The maximum Gasteiger partial charge on any atom is 0.191 e. The van der Waals surface area contributed by atoms with Gasteiger partial charge >= 0.3 is 0 Å². The summed E-state index contributed by atoms with van der Waals surface area (Å²) >= 11 is 0. The van der Waals surface area contributed by atoms with Gasteiger partial charge in [0, 0.05) is 45.0 Å². The summed E-state index contributed by atoms with van der Waals surface area (Å²) in [7, 11) is -1.21. The van der Waals surface area contributed by atoms with Crippen LogP contribution in [-0.2, 0) is 14.6 Å². The van der Waals surface area contributed by atoms with Gasteiger partial charge in [-0.2, -0.15) is 0 Å². The highest BCUT2D eigenvalue weighted by molar-refractivity contribution is 7.90. The number of hydrogen-bond donors (Lipinski definition) is 2. The summed E-state index contributed by atoms with van der Waals surface area (Å²) in [6.45, 7) is 5.65. The molecule has 7 nitrogen and oxygen atoms in total. The number of sulfone groups is 1. The minimum atomic E-state index is -2.97. The summed E-state index contributed by atoms with van der Waals surface area (Å²) in [5.41, 5.74) is 1.36. The lowest BCUT2D eigenvalue weighted by Crippen LogP contribution is -2.49. The van der Waals surface area contributed by atoms with E-state index in [9.17, 15) is 8.42 Å². The molecule has 0 aliphatic carbocycles. The maximum atomic E-state index is 11.1. The number of nitrogens with one attached hydrogen (secondary N) is 2. The average molecular weight is 411 g/mol. The monoisotopic (exact) mass is 410 g/mol. The molecule has 1 aliphatic heterocycles. The van der Waals surface area contributed by atoms with Crippen molar-refractivity contribution in [3.8, 4) is 0 Å². The molecule has 0 spiro atoms. The zero-order chi connectivity index (χ0) is 20.4. The zero-order valence-electron chi connectivity index (χ0n) is 17.2. The number of rotatable bonds is 9. The molecule has 1 atom stereocenters. The van der Waals surface area contributed by atoms with Crippen LogP contribution in [0.1, 0.15) is 31.4 Å². The van der Waals surface area contributed by atoms with Crippen molar-refractivity contribution in [3.05, 3.63) is 35.9 Å². The van der Waals surface area contributed by atoms with Gasteiger partial charge < -0.3 is 15.4 Å². The van der Waals surface area contributed by atoms with Crippen molar-refractivity contribution < 1.29 is 13.2 Å². The van der Waals surface area contributed by atoms with Crippen molar-refractivity contribution in [1.29, 1.82) is 0 Å². The molecule has 28 heavy (non-hydrogen) atoms. The minimum Gasteiger partial charge on any atom is -0.379 e. The van der Waals surface area contributed by atoms with Crippen LogP contribution in [0.4, 0.5) is 0 Å². The standard InChI is InChI=1S/C20H34N4O3S/c1-17(18-7-5-4-6-8-18)24-12-9-19(10-13-24)23-20(21-2)22-11-14-27-15-16-28(3,25)26/h4-8,17,19H,9-16H2,1-3H3,(H2,21,22,23). The lowest BCUT2D eigenvalue weighted by atomic mass is 10.0. The summed E-state index contributed by atoms with van der Waals surface area (Å²) in [6, 6.07) is 11.5. The lowest BCUT2D eigenvalue weighted by molar-refractivity contribution is 0.152. The Bertz CT molecular complexity index is 701. The molecule has 0 saturated carbocycles. The quantitative estimate of drug-likeness (QED) is 0.364. The molecule has 1 unspecified atom stereocenters. The van der Waals surface area contributed by atoms with E-state index < -0.39 is 9.84 Å². The highest BCUT2D eigenvalue weighted by Gasteiger charge is 2.23. The summed E-state index contributed by atoms with van der Waals surface area (Å²) in [5.74, 6) is 0.821. The number of aliphatic imine (C=N–C) groups is 1. The fourth-order valence-corrected chi connectivity index (χ4v) is 3.74. The molecular formula is C20H34N4O3S. The third kappa shape index (κ3) is 8.16. The molecule has 1 aromatic rings. The van der Waals surface area contributed by atoms with Crippen LogP contribution < -0.4 is 10.6 Å². The maximum absolute atomic E-state index is 11.1. The largest absolute Gasteiger partial charge is 0.379 e. The van der Waals surface area contributed by atoms with Gasteiger partial charge in [-0.25, -0.2) is 8.42 Å². The summed E-state index contributed by atoms with van der Waals surface area (Å²) < 4.78 is 27.5. The first-order valence-corrected chi connectivity index (χ1v) is 12.0. The number of guanidine groups is 1. The molecule has 0 bridgehead atoms. The van der Waals surface area contributed by atoms with E-state index in [0.717, 1.165) is 31.9 Å². The summed E-state index contributed by atoms with van der Waals surface area (Å²) in [5, 5.41) is 6.71. The van der Waals surface area contributed by atoms with E-state index in [0.29, 0.717) is 25.2 Å². The van der Waals surface area contributed by atoms with E-state index in [-0.39, 0.29) is 12.4 Å². The average Bonchev–Trinajstić information content (AvgIpc) is 2.69. The van der Waals surface area contributed by atoms with E-state index in [1.807, 2.05) is 0 Å². The molecule has 1 aromatic carbocycles. The van der Waals surface area contributed by atoms with Gasteiger partial charge in [-0.05, 0) is 25.3 Å². The van der Waals surface area contributed by atoms with Gasteiger partial charge in [-0.3, -0.25) is 9.89 Å². The third-order valence-corrected chi connectivity index (χ3v) is 5.97. The third-order valence-electron chi connectivity index (χ3n) is 5.06. The van der Waals surface area contributed by atoms with Gasteiger partial charge in [0.25, 0.3) is 0 Å². The molecule has 8 heteroatoms. The van der Waals surface area contributed by atoms with Gasteiger partial charge in [0.2, 0.25) is 0 Å². The Balaban J connectivity index is 1.65. The molecule has 1 fully saturated rings. The highest BCUT2D eigenvalue weighted by atomic mass is 32.2. The number of likely N-dealkylation sites (tertiary alicyclic amines) is 1. The van der Waals surface area contributed by atoms with Crippen LogP contribution in [0.15, 0.2) is 35.3 Å². The molecule has 2 N–H and O–H groups in total. The molecule has 1 aliphatic rings. The zero-order valence-corrected chi connectivity index (χ0v) is 18.0. The fraction of sp³-hybridized carbons (Fsp3) is 0.650. The van der Waals surface area contributed by atoms with Crippen molar-refractivity contribution in [1.82, 2.24) is 15.5 Å². The van der Waals surface area contributed by atoms with Crippen molar-refractivity contribution in [2.24, 2.45) is 4.99 Å². The Morgan fingerprint density at radius 3 is 2.54 bits per heavy atom. The second-order valence-corrected chi connectivity index (χ2v) is 9.54. The molecule has 1 heterocycles. The van der Waals surface area contributed by atoms with Crippen molar-refractivity contribution >= 4 is 15.8 Å². The van der Waals surface area contributed by atoms with Gasteiger partial charge in [0.15, 0.2) is 5.96 Å². The minimum absolute atomic E-state index is 0.0555. The van der Waals surface area contributed by atoms with Gasteiger partial charge in [-0.15, -0.1) is 0 Å². The number of piperidine rings is 1. The normalized spacial score (nSPS) is 18.0. The van der Waals surface area contributed by atoms with Crippen molar-refractivity contribution in [2.45, 2.75) is 31.8 Å². The second-order valence-electron chi connectivity index (χ2n) is 7.28.